The molecule has 0 radical (unpaired) electrons. The maximum Gasteiger partial charge on any atom is 0.311 e. The molecule has 3 rings (SSSR count). The first-order valence-electron chi connectivity index (χ1n) is 8.70. The van der Waals surface area contributed by atoms with Crippen LogP contribution in [0.15, 0.2) is 29.2 Å². The second kappa shape index (κ2) is 6.96. The summed E-state index contributed by atoms with van der Waals surface area (Å²) in [4.78, 5) is 14.2. The van der Waals surface area contributed by atoms with Gasteiger partial charge in [-0.2, -0.15) is 0 Å². The van der Waals surface area contributed by atoms with Gasteiger partial charge in [0.1, 0.15) is 5.75 Å². The van der Waals surface area contributed by atoms with Gasteiger partial charge in [0.05, 0.1) is 16.9 Å². The maximum atomic E-state index is 11.7. The van der Waals surface area contributed by atoms with Gasteiger partial charge >= 0.3 is 5.97 Å². The topological polar surface area (TPSA) is 83.9 Å². The Morgan fingerprint density at radius 2 is 2.08 bits per heavy atom. The van der Waals surface area contributed by atoms with Crippen LogP contribution in [0.5, 0.6) is 5.75 Å². The number of nitrogens with zero attached hydrogens (tertiary/aromatic N) is 1. The Hall–Kier alpha value is -1.60. The Kier molecular flexibility index (Phi) is 5.06. The molecule has 0 amide bonds. The molecule has 1 heterocycles. The number of carbonyl (C=O) groups is 1. The molecule has 1 aromatic carbocycles. The molecule has 2 atom stereocenters. The summed E-state index contributed by atoms with van der Waals surface area (Å²) in [5.41, 5.74) is -0.525. The van der Waals surface area contributed by atoms with Crippen LogP contribution < -0.4 is 4.74 Å². The molecule has 1 saturated carbocycles. The van der Waals surface area contributed by atoms with E-state index in [0.717, 1.165) is 38.8 Å². The minimum absolute atomic E-state index is 0.280. The summed E-state index contributed by atoms with van der Waals surface area (Å²) in [6.07, 6.45) is 4.84. The number of carboxylic acids is 1. The monoisotopic (exact) mass is 367 g/mol. The van der Waals surface area contributed by atoms with Crippen LogP contribution in [0.25, 0.3) is 0 Å². The van der Waals surface area contributed by atoms with E-state index < -0.39 is 21.2 Å². The Morgan fingerprint density at radius 3 is 2.68 bits per heavy atom. The Morgan fingerprint density at radius 1 is 1.36 bits per heavy atom. The number of benzene rings is 1. The highest BCUT2D eigenvalue weighted by atomic mass is 32.2. The second-order valence-corrected chi connectivity index (χ2v) is 9.25. The van der Waals surface area contributed by atoms with Gasteiger partial charge < -0.3 is 14.7 Å². The predicted molar refractivity (Wildman–Crippen MR) is 93.5 cm³/mol. The van der Waals surface area contributed by atoms with Gasteiger partial charge in [-0.1, -0.05) is 6.42 Å². The minimum Gasteiger partial charge on any atom is -0.494 e. The van der Waals surface area contributed by atoms with Gasteiger partial charge in [0.2, 0.25) is 0 Å². The number of aliphatic carboxylic acids is 1. The van der Waals surface area contributed by atoms with Crippen molar-refractivity contribution in [3.63, 3.8) is 0 Å². The van der Waals surface area contributed by atoms with Gasteiger partial charge in [-0.25, -0.2) is 8.42 Å². The summed E-state index contributed by atoms with van der Waals surface area (Å²) in [7, 11) is -3.19. The molecule has 1 aromatic rings. The summed E-state index contributed by atoms with van der Waals surface area (Å²) in [6.45, 7) is 2.87. The lowest BCUT2D eigenvalue weighted by atomic mass is 9.81. The molecule has 0 bridgehead atoms. The van der Waals surface area contributed by atoms with Gasteiger partial charge in [-0.15, -0.1) is 0 Å². The van der Waals surface area contributed by atoms with Crippen LogP contribution in [0.1, 0.15) is 25.7 Å². The Labute approximate surface area is 148 Å². The van der Waals surface area contributed by atoms with Crippen molar-refractivity contribution in [2.75, 3.05) is 32.5 Å². The SMILES string of the molecule is CS(=O)(=O)c1ccc(OCCCN2C[C@@H]3CCC[C@@]3(C(=O)O)C2)cc1. The summed E-state index contributed by atoms with van der Waals surface area (Å²) in [5.74, 6) is 0.293. The van der Waals surface area contributed by atoms with E-state index in [-0.39, 0.29) is 10.8 Å². The second-order valence-electron chi connectivity index (χ2n) is 7.23. The van der Waals surface area contributed by atoms with E-state index in [0.29, 0.717) is 18.9 Å². The van der Waals surface area contributed by atoms with Crippen molar-refractivity contribution in [2.24, 2.45) is 11.3 Å². The van der Waals surface area contributed by atoms with Crippen molar-refractivity contribution < 1.29 is 23.1 Å². The smallest absolute Gasteiger partial charge is 0.311 e. The van der Waals surface area contributed by atoms with Gasteiger partial charge in [0, 0.05) is 25.9 Å². The zero-order valence-electron chi connectivity index (χ0n) is 14.5. The molecule has 1 N–H and O–H groups in total. The number of rotatable bonds is 7. The van der Waals surface area contributed by atoms with Gasteiger partial charge in [0.25, 0.3) is 0 Å². The van der Waals surface area contributed by atoms with Crippen LogP contribution in [-0.4, -0.2) is 56.9 Å². The molecule has 7 heteroatoms. The standard InChI is InChI=1S/C18H25NO5S/c1-25(22,23)16-7-5-15(6-8-16)24-11-3-10-19-12-14-4-2-9-18(14,13-19)17(20)21/h5-8,14H,2-4,9-13H2,1H3,(H,20,21)/t14-,18+/m0/s1. The predicted octanol–water partition coefficient (Wildman–Crippen LogP) is 2.05. The van der Waals surface area contributed by atoms with Crippen LogP contribution in [0.3, 0.4) is 0 Å². The van der Waals surface area contributed by atoms with E-state index in [1.54, 1.807) is 24.3 Å². The largest absolute Gasteiger partial charge is 0.494 e. The molecule has 2 aliphatic rings. The highest BCUT2D eigenvalue weighted by Gasteiger charge is 2.54. The molecule has 1 aliphatic carbocycles. The average molecular weight is 367 g/mol. The Balaban J connectivity index is 1.44. The van der Waals surface area contributed by atoms with Crippen LogP contribution in [0.2, 0.25) is 0 Å². The van der Waals surface area contributed by atoms with Crippen LogP contribution in [0, 0.1) is 11.3 Å². The third kappa shape index (κ3) is 3.82. The number of ether oxygens (including phenoxy) is 1. The van der Waals surface area contributed by atoms with E-state index >= 15 is 0 Å². The maximum absolute atomic E-state index is 11.7. The molecular formula is C18H25NO5S. The normalized spacial score (nSPS) is 26.5. The zero-order chi connectivity index (χ0) is 18.1. The minimum atomic E-state index is -3.19. The van der Waals surface area contributed by atoms with Gasteiger partial charge in [0.15, 0.2) is 9.84 Å². The van der Waals surface area contributed by atoms with Crippen LogP contribution in [-0.2, 0) is 14.6 Å². The summed E-state index contributed by atoms with van der Waals surface area (Å²) in [6, 6.07) is 6.41. The third-order valence-corrected chi connectivity index (χ3v) is 6.63. The first kappa shape index (κ1) is 18.2. The average Bonchev–Trinajstić information content (AvgIpc) is 3.09. The van der Waals surface area contributed by atoms with E-state index in [2.05, 4.69) is 4.90 Å². The lowest BCUT2D eigenvalue weighted by molar-refractivity contribution is -0.149. The highest BCUT2D eigenvalue weighted by molar-refractivity contribution is 7.90. The molecule has 138 valence electrons. The number of likely N-dealkylation sites (tertiary alicyclic amines) is 1. The third-order valence-electron chi connectivity index (χ3n) is 5.51. The fourth-order valence-electron chi connectivity index (χ4n) is 4.17. The molecule has 25 heavy (non-hydrogen) atoms. The van der Waals surface area contributed by atoms with Crippen molar-refractivity contribution in [2.45, 2.75) is 30.6 Å². The number of hydrogen-bond donors (Lipinski definition) is 1. The molecule has 2 fully saturated rings. The highest BCUT2D eigenvalue weighted by Crippen LogP contribution is 2.48. The van der Waals surface area contributed by atoms with Crippen molar-refractivity contribution in [1.82, 2.24) is 4.90 Å². The van der Waals surface area contributed by atoms with E-state index in [1.165, 1.54) is 6.26 Å². The number of fused-ring (bicyclic) bond motifs is 1. The fraction of sp³-hybridized carbons (Fsp3) is 0.611. The molecule has 1 saturated heterocycles. The fourth-order valence-corrected chi connectivity index (χ4v) is 4.80. The first-order valence-corrected chi connectivity index (χ1v) is 10.6. The zero-order valence-corrected chi connectivity index (χ0v) is 15.3. The van der Waals surface area contributed by atoms with Gasteiger partial charge in [-0.3, -0.25) is 4.79 Å². The van der Waals surface area contributed by atoms with Gasteiger partial charge in [-0.05, 0) is 49.4 Å². The summed E-state index contributed by atoms with van der Waals surface area (Å²) in [5, 5.41) is 9.60. The van der Waals surface area contributed by atoms with Crippen molar-refractivity contribution >= 4 is 15.8 Å². The van der Waals surface area contributed by atoms with E-state index in [9.17, 15) is 18.3 Å². The Bertz CT molecular complexity index is 730. The lowest BCUT2D eigenvalue weighted by Crippen LogP contribution is -2.36. The van der Waals surface area contributed by atoms with Crippen LogP contribution >= 0.6 is 0 Å². The molecule has 0 spiro atoms. The number of carboxylic acid groups (broad SMARTS) is 1. The summed E-state index contributed by atoms with van der Waals surface area (Å²) >= 11 is 0. The van der Waals surface area contributed by atoms with Crippen molar-refractivity contribution in [3.8, 4) is 5.75 Å². The van der Waals surface area contributed by atoms with Crippen molar-refractivity contribution in [3.05, 3.63) is 24.3 Å². The van der Waals surface area contributed by atoms with Crippen LogP contribution in [0.4, 0.5) is 0 Å². The number of sulfone groups is 1. The number of hydrogen-bond acceptors (Lipinski definition) is 5. The molecule has 0 unspecified atom stereocenters. The molecule has 1 aliphatic heterocycles. The molecule has 0 aromatic heterocycles. The van der Waals surface area contributed by atoms with E-state index in [1.807, 2.05) is 0 Å². The summed E-state index contributed by atoms with van der Waals surface area (Å²) < 4.78 is 28.5. The molecule has 6 nitrogen and oxygen atoms in total. The first-order chi connectivity index (χ1) is 11.8. The quantitative estimate of drug-likeness (QED) is 0.743. The van der Waals surface area contributed by atoms with Crippen molar-refractivity contribution in [1.29, 1.82) is 0 Å². The molecular weight excluding hydrogens is 342 g/mol. The lowest BCUT2D eigenvalue weighted by Gasteiger charge is -2.23. The van der Waals surface area contributed by atoms with E-state index in [4.69, 9.17) is 4.74 Å².